The van der Waals surface area contributed by atoms with E-state index in [-0.39, 0.29) is 38.4 Å². The summed E-state index contributed by atoms with van der Waals surface area (Å²) >= 11 is 0. The van der Waals surface area contributed by atoms with Gasteiger partial charge in [0.25, 0.3) is 0 Å². The molecule has 2 aromatic heterocycles. The molecule has 2 heterocycles. The van der Waals surface area contributed by atoms with E-state index in [2.05, 4.69) is 26.3 Å². The van der Waals surface area contributed by atoms with Gasteiger partial charge < -0.3 is 20.7 Å². The van der Waals surface area contributed by atoms with Gasteiger partial charge in [0.1, 0.15) is 0 Å². The zero-order chi connectivity index (χ0) is 8.55. The zero-order valence-corrected chi connectivity index (χ0v) is 9.32. The van der Waals surface area contributed by atoms with Crippen molar-refractivity contribution in [2.24, 2.45) is 5.73 Å². The van der Waals surface area contributed by atoms with E-state index in [9.17, 15) is 4.79 Å². The van der Waals surface area contributed by atoms with Gasteiger partial charge in [0.15, 0.2) is 0 Å². The van der Waals surface area contributed by atoms with Crippen LogP contribution in [0.2, 0.25) is 0 Å². The van der Waals surface area contributed by atoms with E-state index < -0.39 is 5.91 Å². The Morgan fingerprint density at radius 1 is 1.54 bits per heavy atom. The molecule has 0 spiro atoms. The number of rotatable bonds is 1. The predicted octanol–water partition coefficient (Wildman–Crippen LogP) is -0.751. The summed E-state index contributed by atoms with van der Waals surface area (Å²) in [6, 6.07) is 0. The first-order valence-corrected chi connectivity index (χ1v) is 3.16. The van der Waals surface area contributed by atoms with Crippen molar-refractivity contribution in [2.75, 3.05) is 0 Å². The van der Waals surface area contributed by atoms with Crippen LogP contribution in [-0.2, 0) is 32.7 Å². The molecule has 2 rings (SSSR count). The number of primary amides is 1. The minimum absolute atomic E-state index is 0. The van der Waals surface area contributed by atoms with Crippen molar-refractivity contribution in [1.29, 1.82) is 0 Å². The molecule has 1 amide bonds. The number of nitrogens with zero attached hydrogens (tertiary/aromatic N) is 3. The first kappa shape index (κ1) is 10.2. The monoisotopic (exact) mass is 251 g/mol. The molecule has 0 saturated heterocycles. The third kappa shape index (κ3) is 1.73. The molecule has 6 nitrogen and oxygen atoms in total. The van der Waals surface area contributed by atoms with Gasteiger partial charge in [-0.3, -0.25) is 9.78 Å². The van der Waals surface area contributed by atoms with Crippen molar-refractivity contribution in [1.82, 2.24) is 19.9 Å². The Morgan fingerprint density at radius 3 is 3.00 bits per heavy atom. The summed E-state index contributed by atoms with van der Waals surface area (Å²) in [7, 11) is 0. The Hall–Kier alpha value is -0.876. The summed E-state index contributed by atoms with van der Waals surface area (Å²) in [5.41, 5.74) is 5.98. The molecule has 0 aromatic carbocycles. The molecule has 13 heavy (non-hydrogen) atoms. The Kier molecular flexibility index (Phi) is 3.05. The van der Waals surface area contributed by atoms with Crippen molar-refractivity contribution in [3.63, 3.8) is 0 Å². The molecule has 2 aromatic rings. The van der Waals surface area contributed by atoms with E-state index in [1.807, 2.05) is 0 Å². The van der Waals surface area contributed by atoms with Crippen LogP contribution >= 0.6 is 0 Å². The molecule has 63 valence electrons. The number of aromatic amines is 1. The van der Waals surface area contributed by atoms with Crippen LogP contribution in [0.3, 0.4) is 0 Å². The van der Waals surface area contributed by atoms with Crippen LogP contribution in [0.5, 0.6) is 0 Å². The molecule has 0 aliphatic carbocycles. The van der Waals surface area contributed by atoms with Crippen LogP contribution in [-0.4, -0.2) is 25.8 Å². The van der Waals surface area contributed by atoms with Crippen molar-refractivity contribution in [3.05, 3.63) is 18.3 Å². The van der Waals surface area contributed by atoms with Crippen LogP contribution in [0.25, 0.3) is 11.2 Å². The van der Waals surface area contributed by atoms with E-state index in [4.69, 9.17) is 5.73 Å². The number of hydrogen-bond donors (Lipinski definition) is 2. The number of hydrogen-bond acceptors (Lipinski definition) is 4. The smallest absolute Gasteiger partial charge is 0.212 e. The molecule has 0 bridgehead atoms. The molecule has 0 aliphatic heterocycles. The van der Waals surface area contributed by atoms with Crippen LogP contribution in [0, 0.1) is 6.33 Å². The van der Waals surface area contributed by atoms with Crippen LogP contribution in [0.15, 0.2) is 6.33 Å². The van der Waals surface area contributed by atoms with Crippen LogP contribution in [0.4, 0.5) is 0 Å². The fourth-order valence-corrected chi connectivity index (χ4v) is 0.903. The standard InChI is InChI=1S/C6H4N5O.Y/c7-5(12)3-4-6(10-1-8-3)11-2-9-4;/h2H,(H2,7,12)(H,8,9,10,11);/q-1;. The average molecular weight is 251 g/mol. The Labute approximate surface area is 98.2 Å². The second-order valence-corrected chi connectivity index (χ2v) is 2.14. The molecule has 1 radical (unpaired) electrons. The Bertz CT molecular complexity index is 439. The van der Waals surface area contributed by atoms with Gasteiger partial charge in [-0.1, -0.05) is 0 Å². The molecule has 0 aliphatic rings. The van der Waals surface area contributed by atoms with E-state index in [1.165, 1.54) is 6.33 Å². The van der Waals surface area contributed by atoms with Gasteiger partial charge in [0, 0.05) is 50.2 Å². The molecule has 3 N–H and O–H groups in total. The second kappa shape index (κ2) is 3.89. The largest absolute Gasteiger partial charge is 0.375 e. The molecule has 0 saturated carbocycles. The molecular formula is C6H4N5OY-. The summed E-state index contributed by atoms with van der Waals surface area (Å²) in [5, 5.41) is 0. The third-order valence-corrected chi connectivity index (χ3v) is 1.41. The number of imidazole rings is 1. The van der Waals surface area contributed by atoms with Gasteiger partial charge in [0.2, 0.25) is 5.91 Å². The summed E-state index contributed by atoms with van der Waals surface area (Å²) < 4.78 is 0. The van der Waals surface area contributed by atoms with E-state index in [1.54, 1.807) is 0 Å². The quantitative estimate of drug-likeness (QED) is 0.651. The molecule has 0 unspecified atom stereocenters. The molecule has 0 fully saturated rings. The van der Waals surface area contributed by atoms with Gasteiger partial charge in [-0.15, -0.1) is 0 Å². The number of fused-ring (bicyclic) bond motifs is 1. The van der Waals surface area contributed by atoms with Gasteiger partial charge in [-0.25, -0.2) is 0 Å². The number of aromatic nitrogens is 4. The first-order valence-electron chi connectivity index (χ1n) is 3.16. The van der Waals surface area contributed by atoms with E-state index >= 15 is 0 Å². The number of amides is 1. The van der Waals surface area contributed by atoms with E-state index in [0.717, 1.165) is 0 Å². The summed E-state index contributed by atoms with van der Waals surface area (Å²) in [4.78, 5) is 24.6. The molecule has 0 atom stereocenters. The van der Waals surface area contributed by atoms with Crippen LogP contribution in [0.1, 0.15) is 10.5 Å². The van der Waals surface area contributed by atoms with Gasteiger partial charge in [0.05, 0.1) is 12.0 Å². The molecular weight excluding hydrogens is 247 g/mol. The Morgan fingerprint density at radius 2 is 2.31 bits per heavy atom. The number of nitrogens with one attached hydrogen (secondary N) is 1. The summed E-state index contributed by atoms with van der Waals surface area (Å²) in [6.07, 6.45) is 3.70. The van der Waals surface area contributed by atoms with Gasteiger partial charge in [-0.2, -0.15) is 0 Å². The topological polar surface area (TPSA) is 97.6 Å². The maximum Gasteiger partial charge on any atom is 0.212 e. The van der Waals surface area contributed by atoms with Gasteiger partial charge in [-0.05, 0) is 0 Å². The maximum absolute atomic E-state index is 10.8. The minimum atomic E-state index is -0.622. The maximum atomic E-state index is 10.8. The van der Waals surface area contributed by atoms with Crippen molar-refractivity contribution >= 4 is 17.1 Å². The fraction of sp³-hybridized carbons (Fsp3) is 0. The summed E-state index contributed by atoms with van der Waals surface area (Å²) in [5.74, 6) is -0.622. The first-order chi connectivity index (χ1) is 5.79. The number of H-pyrrole nitrogens is 1. The van der Waals surface area contributed by atoms with Crippen molar-refractivity contribution < 1.29 is 37.5 Å². The second-order valence-electron chi connectivity index (χ2n) is 2.14. The normalized spacial score (nSPS) is 9.54. The fourth-order valence-electron chi connectivity index (χ4n) is 0.903. The van der Waals surface area contributed by atoms with Crippen molar-refractivity contribution in [3.8, 4) is 0 Å². The van der Waals surface area contributed by atoms with Crippen molar-refractivity contribution in [2.45, 2.75) is 0 Å². The number of carbonyl (C=O) groups excluding carboxylic acids is 1. The number of carbonyl (C=O) groups is 1. The Balaban J connectivity index is 0.000000845. The minimum Gasteiger partial charge on any atom is -0.375 e. The van der Waals surface area contributed by atoms with Gasteiger partial charge >= 0.3 is 0 Å². The number of nitrogens with two attached hydrogens (primary N) is 1. The molecule has 7 heteroatoms. The summed E-state index contributed by atoms with van der Waals surface area (Å²) in [6.45, 7) is 0. The van der Waals surface area contributed by atoms with Crippen LogP contribution < -0.4 is 5.73 Å². The SMILES string of the molecule is NC(=O)c1n[c-]nc2nc[nH]c12.[Y]. The predicted molar refractivity (Wildman–Crippen MR) is 39.0 cm³/mol. The third-order valence-electron chi connectivity index (χ3n) is 1.41. The van der Waals surface area contributed by atoms with E-state index in [0.29, 0.717) is 11.2 Å². The average Bonchev–Trinajstić information content (AvgIpc) is 2.49. The zero-order valence-electron chi connectivity index (χ0n) is 6.48.